The number of nitrogens with zero attached hydrogens (tertiary/aromatic N) is 2. The standard InChI is InChI=1S/C21H21N3O5/c1-28-19-9-7-16(24(26)27)12-18(19)20-10-8-17(29-20)11-14(13-22)21(25)23-15-5-3-2-4-6-15/h7-12,15H,2-6H2,1H3,(H,23,25)/b14-11+. The zero-order valence-electron chi connectivity index (χ0n) is 16.0. The highest BCUT2D eigenvalue weighted by molar-refractivity contribution is 6.01. The second kappa shape index (κ2) is 9.06. The fourth-order valence-corrected chi connectivity index (χ4v) is 3.38. The van der Waals surface area contributed by atoms with Crippen LogP contribution < -0.4 is 10.1 Å². The van der Waals surface area contributed by atoms with Gasteiger partial charge in [-0.05, 0) is 31.0 Å². The van der Waals surface area contributed by atoms with Crippen molar-refractivity contribution in [3.8, 4) is 23.1 Å². The van der Waals surface area contributed by atoms with E-state index in [-0.39, 0.29) is 17.3 Å². The molecule has 1 fully saturated rings. The Morgan fingerprint density at radius 2 is 2.07 bits per heavy atom. The molecule has 0 aliphatic heterocycles. The number of nitriles is 1. The average Bonchev–Trinajstić information content (AvgIpc) is 3.20. The molecule has 3 rings (SSSR count). The van der Waals surface area contributed by atoms with Crippen molar-refractivity contribution in [2.45, 2.75) is 38.1 Å². The number of ether oxygens (including phenoxy) is 1. The number of carbonyl (C=O) groups is 1. The van der Waals surface area contributed by atoms with Gasteiger partial charge in [0.25, 0.3) is 11.6 Å². The lowest BCUT2D eigenvalue weighted by Gasteiger charge is -2.22. The van der Waals surface area contributed by atoms with E-state index in [0.29, 0.717) is 22.8 Å². The highest BCUT2D eigenvalue weighted by Crippen LogP contribution is 2.34. The van der Waals surface area contributed by atoms with E-state index in [2.05, 4.69) is 5.32 Å². The molecular formula is C21H21N3O5. The molecule has 0 spiro atoms. The Morgan fingerprint density at radius 3 is 2.72 bits per heavy atom. The van der Waals surface area contributed by atoms with Crippen molar-refractivity contribution >= 4 is 17.7 Å². The third-order valence-corrected chi connectivity index (χ3v) is 4.88. The third-order valence-electron chi connectivity index (χ3n) is 4.88. The van der Waals surface area contributed by atoms with Gasteiger partial charge >= 0.3 is 0 Å². The number of nitro groups is 1. The van der Waals surface area contributed by atoms with Gasteiger partial charge in [0.15, 0.2) is 0 Å². The number of amides is 1. The van der Waals surface area contributed by atoms with Gasteiger partial charge in [-0.25, -0.2) is 0 Å². The van der Waals surface area contributed by atoms with Crippen LogP contribution >= 0.6 is 0 Å². The molecular weight excluding hydrogens is 374 g/mol. The molecule has 0 atom stereocenters. The zero-order valence-corrected chi connectivity index (χ0v) is 16.0. The molecule has 1 aliphatic carbocycles. The minimum Gasteiger partial charge on any atom is -0.496 e. The van der Waals surface area contributed by atoms with Crippen molar-refractivity contribution in [2.24, 2.45) is 0 Å². The van der Waals surface area contributed by atoms with E-state index in [1.54, 1.807) is 12.1 Å². The summed E-state index contributed by atoms with van der Waals surface area (Å²) in [4.78, 5) is 23.0. The van der Waals surface area contributed by atoms with Crippen LogP contribution in [-0.4, -0.2) is 24.0 Å². The number of furan rings is 1. The molecule has 8 nitrogen and oxygen atoms in total. The van der Waals surface area contributed by atoms with Crippen molar-refractivity contribution in [1.29, 1.82) is 5.26 Å². The number of rotatable bonds is 6. The van der Waals surface area contributed by atoms with Crippen LogP contribution in [0.5, 0.6) is 5.75 Å². The van der Waals surface area contributed by atoms with Crippen molar-refractivity contribution < 1.29 is 18.9 Å². The number of methoxy groups -OCH3 is 1. The first kappa shape index (κ1) is 20.1. The molecule has 2 aromatic rings. The number of benzene rings is 1. The highest BCUT2D eigenvalue weighted by atomic mass is 16.6. The average molecular weight is 395 g/mol. The number of carbonyl (C=O) groups excluding carboxylic acids is 1. The second-order valence-corrected chi connectivity index (χ2v) is 6.82. The van der Waals surface area contributed by atoms with E-state index in [4.69, 9.17) is 9.15 Å². The maximum absolute atomic E-state index is 12.4. The molecule has 0 unspecified atom stereocenters. The number of nitrogens with one attached hydrogen (secondary N) is 1. The third kappa shape index (κ3) is 4.82. The fourth-order valence-electron chi connectivity index (χ4n) is 3.38. The summed E-state index contributed by atoms with van der Waals surface area (Å²) in [6, 6.07) is 9.40. The number of nitro benzene ring substituents is 1. The lowest BCUT2D eigenvalue weighted by Crippen LogP contribution is -2.36. The molecule has 150 valence electrons. The molecule has 8 heteroatoms. The summed E-state index contributed by atoms with van der Waals surface area (Å²) in [5, 5.41) is 23.3. The molecule has 1 saturated carbocycles. The SMILES string of the molecule is COc1ccc([N+](=O)[O-])cc1-c1ccc(/C=C(\C#N)C(=O)NC2CCCCC2)o1. The molecule has 0 bridgehead atoms. The maximum atomic E-state index is 12.4. The Hall–Kier alpha value is -3.60. The largest absolute Gasteiger partial charge is 0.496 e. The number of hydrogen-bond donors (Lipinski definition) is 1. The van der Waals surface area contributed by atoms with Crippen molar-refractivity contribution in [3.63, 3.8) is 0 Å². The van der Waals surface area contributed by atoms with Gasteiger partial charge in [-0.1, -0.05) is 19.3 Å². The van der Waals surface area contributed by atoms with Crippen molar-refractivity contribution in [3.05, 3.63) is 51.8 Å². The maximum Gasteiger partial charge on any atom is 0.270 e. The van der Waals surface area contributed by atoms with Crippen LogP contribution in [-0.2, 0) is 4.79 Å². The molecule has 29 heavy (non-hydrogen) atoms. The molecule has 1 N–H and O–H groups in total. The molecule has 1 aliphatic rings. The van der Waals surface area contributed by atoms with Crippen LogP contribution in [0.25, 0.3) is 17.4 Å². The minimum absolute atomic E-state index is 0.0533. The van der Waals surface area contributed by atoms with Gasteiger partial charge in [0, 0.05) is 24.3 Å². The van der Waals surface area contributed by atoms with Crippen molar-refractivity contribution in [1.82, 2.24) is 5.32 Å². The summed E-state index contributed by atoms with van der Waals surface area (Å²) in [6.45, 7) is 0. The van der Waals surface area contributed by atoms with Gasteiger partial charge in [-0.3, -0.25) is 14.9 Å². The highest BCUT2D eigenvalue weighted by Gasteiger charge is 2.19. The number of non-ortho nitro benzene ring substituents is 1. The molecule has 0 saturated heterocycles. The van der Waals surface area contributed by atoms with Gasteiger partial charge < -0.3 is 14.5 Å². The Balaban J connectivity index is 1.83. The Morgan fingerprint density at radius 1 is 1.31 bits per heavy atom. The second-order valence-electron chi connectivity index (χ2n) is 6.82. The molecule has 1 heterocycles. The predicted octanol–water partition coefficient (Wildman–Crippen LogP) is 4.22. The van der Waals surface area contributed by atoms with Gasteiger partial charge in [-0.15, -0.1) is 0 Å². The van der Waals surface area contributed by atoms with Crippen molar-refractivity contribution in [2.75, 3.05) is 7.11 Å². The van der Waals surface area contributed by atoms with Crippen LogP contribution in [0.15, 0.2) is 40.3 Å². The Labute approximate surface area is 167 Å². The van der Waals surface area contributed by atoms with Gasteiger partial charge in [-0.2, -0.15) is 5.26 Å². The summed E-state index contributed by atoms with van der Waals surface area (Å²) < 4.78 is 11.0. The fraction of sp³-hybridized carbons (Fsp3) is 0.333. The van der Waals surface area contributed by atoms with E-state index >= 15 is 0 Å². The van der Waals surface area contributed by atoms with E-state index < -0.39 is 10.8 Å². The van der Waals surface area contributed by atoms with Crippen LogP contribution in [0.3, 0.4) is 0 Å². The Kier molecular flexibility index (Phi) is 6.29. The lowest BCUT2D eigenvalue weighted by atomic mass is 9.95. The molecule has 1 aromatic heterocycles. The van der Waals surface area contributed by atoms with E-state index in [9.17, 15) is 20.2 Å². The van der Waals surface area contributed by atoms with Gasteiger partial charge in [0.1, 0.15) is 28.9 Å². The van der Waals surface area contributed by atoms with Crippen LogP contribution in [0.1, 0.15) is 37.9 Å². The normalized spacial score (nSPS) is 14.8. The summed E-state index contributed by atoms with van der Waals surface area (Å²) >= 11 is 0. The minimum atomic E-state index is -0.504. The van der Waals surface area contributed by atoms with Crippen LogP contribution in [0.2, 0.25) is 0 Å². The monoisotopic (exact) mass is 395 g/mol. The molecule has 0 radical (unpaired) electrons. The van der Waals surface area contributed by atoms with E-state index in [1.165, 1.54) is 37.8 Å². The van der Waals surface area contributed by atoms with Gasteiger partial charge in [0.05, 0.1) is 17.6 Å². The summed E-state index contributed by atoms with van der Waals surface area (Å²) in [5.74, 6) is 0.618. The first-order chi connectivity index (χ1) is 14.0. The molecule has 1 aromatic carbocycles. The topological polar surface area (TPSA) is 118 Å². The van der Waals surface area contributed by atoms with Crippen LogP contribution in [0.4, 0.5) is 5.69 Å². The first-order valence-corrected chi connectivity index (χ1v) is 9.37. The van der Waals surface area contributed by atoms with E-state index in [0.717, 1.165) is 25.7 Å². The summed E-state index contributed by atoms with van der Waals surface area (Å²) in [5.41, 5.74) is 0.257. The Bertz CT molecular complexity index is 980. The molecule has 1 amide bonds. The quantitative estimate of drug-likeness (QED) is 0.338. The zero-order chi connectivity index (χ0) is 20.8. The summed E-state index contributed by atoms with van der Waals surface area (Å²) in [7, 11) is 1.46. The number of hydrogen-bond acceptors (Lipinski definition) is 6. The van der Waals surface area contributed by atoms with E-state index in [1.807, 2.05) is 6.07 Å². The lowest BCUT2D eigenvalue weighted by molar-refractivity contribution is -0.384. The first-order valence-electron chi connectivity index (χ1n) is 9.37. The summed E-state index contributed by atoms with van der Waals surface area (Å²) in [6.07, 6.45) is 6.52. The van der Waals surface area contributed by atoms with Crippen LogP contribution in [0, 0.1) is 21.4 Å². The smallest absolute Gasteiger partial charge is 0.270 e. The predicted molar refractivity (Wildman–Crippen MR) is 106 cm³/mol. The van der Waals surface area contributed by atoms with Gasteiger partial charge in [0.2, 0.25) is 0 Å².